The second kappa shape index (κ2) is 4.98. The highest BCUT2D eigenvalue weighted by atomic mass is 32.1. The highest BCUT2D eigenvalue weighted by molar-refractivity contribution is 7.14. The van der Waals surface area contributed by atoms with Gasteiger partial charge in [-0.3, -0.25) is 4.90 Å². The molecule has 2 saturated heterocycles. The van der Waals surface area contributed by atoms with Gasteiger partial charge in [0.2, 0.25) is 0 Å². The van der Waals surface area contributed by atoms with E-state index >= 15 is 0 Å². The Hall–Kier alpha value is -0.750. The van der Waals surface area contributed by atoms with E-state index in [2.05, 4.69) is 32.4 Å². The van der Waals surface area contributed by atoms with E-state index in [9.17, 15) is 0 Å². The van der Waals surface area contributed by atoms with Crippen LogP contribution in [0.5, 0.6) is 0 Å². The van der Waals surface area contributed by atoms with Crippen LogP contribution in [0.4, 0.5) is 0 Å². The summed E-state index contributed by atoms with van der Waals surface area (Å²) in [5.41, 5.74) is 2.50. The SMILES string of the molecule is c1cc(-c2nc(CN3C[C@H]4CNC[C@H]4C3)cs2)cs1. The third kappa shape index (κ3) is 2.36. The van der Waals surface area contributed by atoms with Crippen molar-refractivity contribution in [2.24, 2.45) is 11.8 Å². The second-order valence-electron chi connectivity index (χ2n) is 5.53. The predicted molar refractivity (Wildman–Crippen MR) is 80.6 cm³/mol. The van der Waals surface area contributed by atoms with Crippen molar-refractivity contribution in [3.05, 3.63) is 27.9 Å². The summed E-state index contributed by atoms with van der Waals surface area (Å²) < 4.78 is 0. The minimum absolute atomic E-state index is 0.870. The Morgan fingerprint density at radius 3 is 2.84 bits per heavy atom. The number of hydrogen-bond acceptors (Lipinski definition) is 5. The van der Waals surface area contributed by atoms with Crippen molar-refractivity contribution < 1.29 is 0 Å². The Labute approximate surface area is 121 Å². The molecule has 0 bridgehead atoms. The molecular formula is C14H17N3S2. The molecule has 0 amide bonds. The van der Waals surface area contributed by atoms with Gasteiger partial charge in [-0.1, -0.05) is 0 Å². The summed E-state index contributed by atoms with van der Waals surface area (Å²) in [5, 5.41) is 11.2. The van der Waals surface area contributed by atoms with Crippen LogP contribution >= 0.6 is 22.7 Å². The Morgan fingerprint density at radius 2 is 2.11 bits per heavy atom. The molecule has 2 aliphatic rings. The lowest BCUT2D eigenvalue weighted by Crippen LogP contribution is -2.25. The molecule has 0 aromatic carbocycles. The summed E-state index contributed by atoms with van der Waals surface area (Å²) >= 11 is 3.51. The monoisotopic (exact) mass is 291 g/mol. The van der Waals surface area contributed by atoms with Gasteiger partial charge in [0.1, 0.15) is 5.01 Å². The fraction of sp³-hybridized carbons (Fsp3) is 0.500. The predicted octanol–water partition coefficient (Wildman–Crippen LogP) is 2.52. The van der Waals surface area contributed by atoms with E-state index in [4.69, 9.17) is 4.98 Å². The van der Waals surface area contributed by atoms with E-state index in [1.54, 1.807) is 22.7 Å². The lowest BCUT2D eigenvalue weighted by molar-refractivity contribution is 0.302. The maximum atomic E-state index is 4.78. The van der Waals surface area contributed by atoms with E-state index in [-0.39, 0.29) is 0 Å². The molecule has 1 N–H and O–H groups in total. The topological polar surface area (TPSA) is 28.2 Å². The summed E-state index contributed by atoms with van der Waals surface area (Å²) in [4.78, 5) is 7.35. The number of likely N-dealkylation sites (tertiary alicyclic amines) is 1. The van der Waals surface area contributed by atoms with Gasteiger partial charge in [-0.05, 0) is 36.4 Å². The molecule has 5 heteroatoms. The molecule has 0 radical (unpaired) electrons. The summed E-state index contributed by atoms with van der Waals surface area (Å²) in [6.45, 7) is 5.91. The minimum atomic E-state index is 0.870. The third-order valence-electron chi connectivity index (χ3n) is 4.17. The van der Waals surface area contributed by atoms with Crippen molar-refractivity contribution >= 4 is 22.7 Å². The van der Waals surface area contributed by atoms with Crippen molar-refractivity contribution in [3.8, 4) is 10.6 Å². The smallest absolute Gasteiger partial charge is 0.124 e. The molecular weight excluding hydrogens is 274 g/mol. The van der Waals surface area contributed by atoms with Gasteiger partial charge in [-0.25, -0.2) is 4.98 Å². The number of fused-ring (bicyclic) bond motifs is 1. The first-order valence-electron chi connectivity index (χ1n) is 6.78. The fourth-order valence-corrected chi connectivity index (χ4v) is 4.73. The number of rotatable bonds is 3. The van der Waals surface area contributed by atoms with Gasteiger partial charge in [0.05, 0.1) is 5.69 Å². The van der Waals surface area contributed by atoms with Crippen LogP contribution in [0.3, 0.4) is 0 Å². The summed E-state index contributed by atoms with van der Waals surface area (Å²) in [5.74, 6) is 1.74. The molecule has 2 fully saturated rings. The number of thiophene rings is 1. The molecule has 100 valence electrons. The van der Waals surface area contributed by atoms with Crippen LogP contribution in [0, 0.1) is 11.8 Å². The van der Waals surface area contributed by atoms with Crippen LogP contribution in [0.25, 0.3) is 10.6 Å². The second-order valence-corrected chi connectivity index (χ2v) is 7.17. The van der Waals surface area contributed by atoms with E-state index in [0.717, 1.165) is 23.4 Å². The van der Waals surface area contributed by atoms with Crippen molar-refractivity contribution in [2.75, 3.05) is 26.2 Å². The molecule has 0 aliphatic carbocycles. The normalized spacial score (nSPS) is 26.9. The Balaban J connectivity index is 1.44. The standard InChI is InChI=1S/C14H17N3S2/c1-2-18-8-10(1)14-16-13(9-19-14)7-17-5-11-3-15-4-12(11)6-17/h1-2,8-9,11-12,15H,3-7H2/t11-,12+. The number of hydrogen-bond donors (Lipinski definition) is 1. The molecule has 3 nitrogen and oxygen atoms in total. The minimum Gasteiger partial charge on any atom is -0.316 e. The van der Waals surface area contributed by atoms with Gasteiger partial charge >= 0.3 is 0 Å². The van der Waals surface area contributed by atoms with Crippen LogP contribution in [-0.2, 0) is 6.54 Å². The van der Waals surface area contributed by atoms with Crippen molar-refractivity contribution in [1.29, 1.82) is 0 Å². The molecule has 2 aromatic rings. The Morgan fingerprint density at radius 1 is 1.26 bits per heavy atom. The number of nitrogens with one attached hydrogen (secondary N) is 1. The summed E-state index contributed by atoms with van der Waals surface area (Å²) in [7, 11) is 0. The number of aromatic nitrogens is 1. The van der Waals surface area contributed by atoms with Crippen LogP contribution in [0.1, 0.15) is 5.69 Å². The van der Waals surface area contributed by atoms with Gasteiger partial charge in [0, 0.05) is 36.0 Å². The largest absolute Gasteiger partial charge is 0.316 e. The first-order chi connectivity index (χ1) is 9.38. The summed E-state index contributed by atoms with van der Waals surface area (Å²) in [6, 6.07) is 2.15. The fourth-order valence-electron chi connectivity index (χ4n) is 3.21. The first-order valence-corrected chi connectivity index (χ1v) is 8.61. The van der Waals surface area contributed by atoms with Crippen LogP contribution in [0.15, 0.2) is 22.2 Å². The number of thiazole rings is 1. The zero-order valence-electron chi connectivity index (χ0n) is 10.7. The molecule has 4 heterocycles. The molecule has 0 spiro atoms. The van der Waals surface area contributed by atoms with E-state index in [0.29, 0.717) is 0 Å². The molecule has 0 saturated carbocycles. The molecule has 2 aromatic heterocycles. The maximum Gasteiger partial charge on any atom is 0.124 e. The molecule has 0 unspecified atom stereocenters. The zero-order chi connectivity index (χ0) is 12.7. The van der Waals surface area contributed by atoms with Gasteiger partial charge in [0.15, 0.2) is 0 Å². The van der Waals surface area contributed by atoms with Crippen LogP contribution in [0.2, 0.25) is 0 Å². The highest BCUT2D eigenvalue weighted by Gasteiger charge is 2.35. The van der Waals surface area contributed by atoms with E-state index in [1.165, 1.54) is 37.4 Å². The molecule has 19 heavy (non-hydrogen) atoms. The van der Waals surface area contributed by atoms with Gasteiger partial charge in [-0.2, -0.15) is 11.3 Å². The lowest BCUT2D eigenvalue weighted by atomic mass is 10.0. The number of nitrogens with zero attached hydrogens (tertiary/aromatic N) is 2. The van der Waals surface area contributed by atoms with Crippen molar-refractivity contribution in [1.82, 2.24) is 15.2 Å². The molecule has 2 aliphatic heterocycles. The lowest BCUT2D eigenvalue weighted by Gasteiger charge is -2.15. The summed E-state index contributed by atoms with van der Waals surface area (Å²) in [6.07, 6.45) is 0. The van der Waals surface area contributed by atoms with Crippen molar-refractivity contribution in [2.45, 2.75) is 6.54 Å². The molecule has 2 atom stereocenters. The average Bonchev–Trinajstić information content (AvgIpc) is 3.12. The van der Waals surface area contributed by atoms with E-state index in [1.807, 2.05) is 0 Å². The van der Waals surface area contributed by atoms with Crippen LogP contribution < -0.4 is 5.32 Å². The Bertz CT molecular complexity index is 537. The van der Waals surface area contributed by atoms with E-state index < -0.39 is 0 Å². The zero-order valence-corrected chi connectivity index (χ0v) is 12.3. The first kappa shape index (κ1) is 12.0. The quantitative estimate of drug-likeness (QED) is 0.942. The molecule has 4 rings (SSSR count). The van der Waals surface area contributed by atoms with Gasteiger partial charge in [-0.15, -0.1) is 11.3 Å². The third-order valence-corrected chi connectivity index (χ3v) is 5.79. The maximum absolute atomic E-state index is 4.78. The average molecular weight is 291 g/mol. The van der Waals surface area contributed by atoms with Crippen LogP contribution in [-0.4, -0.2) is 36.1 Å². The van der Waals surface area contributed by atoms with Crippen molar-refractivity contribution in [3.63, 3.8) is 0 Å². The van der Waals surface area contributed by atoms with Gasteiger partial charge in [0.25, 0.3) is 0 Å². The highest BCUT2D eigenvalue weighted by Crippen LogP contribution is 2.29. The Kier molecular flexibility index (Phi) is 3.15. The van der Waals surface area contributed by atoms with Gasteiger partial charge < -0.3 is 5.32 Å².